The van der Waals surface area contributed by atoms with E-state index in [1.807, 2.05) is 72.8 Å². The molecule has 35 heavy (non-hydrogen) atoms. The fourth-order valence-electron chi connectivity index (χ4n) is 5.04. The number of piperidine rings is 1. The number of carbonyl (C=O) groups excluding carboxylic acids is 1. The number of amides is 1. The van der Waals surface area contributed by atoms with Crippen LogP contribution < -0.4 is 4.74 Å². The van der Waals surface area contributed by atoms with Gasteiger partial charge in [0, 0.05) is 18.2 Å². The first-order valence-corrected chi connectivity index (χ1v) is 12.0. The summed E-state index contributed by atoms with van der Waals surface area (Å²) in [7, 11) is 1.55. The van der Waals surface area contributed by atoms with E-state index in [1.54, 1.807) is 24.1 Å². The Hall–Kier alpha value is -3.80. The van der Waals surface area contributed by atoms with Crippen molar-refractivity contribution in [3.8, 4) is 5.75 Å². The van der Waals surface area contributed by atoms with Crippen LogP contribution in [0, 0.1) is 0 Å². The predicted octanol–water partition coefficient (Wildman–Crippen LogP) is 5.65. The van der Waals surface area contributed by atoms with Crippen molar-refractivity contribution in [2.24, 2.45) is 0 Å². The maximum absolute atomic E-state index is 13.2. The lowest BCUT2D eigenvalue weighted by atomic mass is 9.69. The highest BCUT2D eigenvalue weighted by Gasteiger charge is 2.47. The van der Waals surface area contributed by atoms with Gasteiger partial charge in [0.25, 0.3) is 0 Å². The van der Waals surface area contributed by atoms with Crippen LogP contribution in [0.25, 0.3) is 0 Å². The first-order valence-electron chi connectivity index (χ1n) is 12.0. The van der Waals surface area contributed by atoms with E-state index < -0.39 is 17.5 Å². The number of para-hydroxylation sites is 1. The van der Waals surface area contributed by atoms with E-state index in [4.69, 9.17) is 9.47 Å². The fraction of sp³-hybridized carbons (Fsp3) is 0.310. The average Bonchev–Trinajstić information content (AvgIpc) is 2.91. The molecule has 0 bridgehead atoms. The van der Waals surface area contributed by atoms with Gasteiger partial charge in [0.2, 0.25) is 0 Å². The molecule has 1 saturated heterocycles. The van der Waals surface area contributed by atoms with Crippen LogP contribution in [-0.2, 0) is 21.6 Å². The lowest BCUT2D eigenvalue weighted by molar-refractivity contribution is -0.143. The molecular weight excluding hydrogens is 442 g/mol. The van der Waals surface area contributed by atoms with Crippen molar-refractivity contribution < 1.29 is 24.2 Å². The maximum Gasteiger partial charge on any atom is 0.410 e. The van der Waals surface area contributed by atoms with Crippen LogP contribution in [0.3, 0.4) is 0 Å². The van der Waals surface area contributed by atoms with Crippen molar-refractivity contribution in [1.82, 2.24) is 4.90 Å². The molecule has 182 valence electrons. The fourth-order valence-corrected chi connectivity index (χ4v) is 5.04. The maximum atomic E-state index is 13.2. The topological polar surface area (TPSA) is 76.1 Å². The van der Waals surface area contributed by atoms with Gasteiger partial charge in [0.15, 0.2) is 0 Å². The van der Waals surface area contributed by atoms with Gasteiger partial charge in [-0.2, -0.15) is 0 Å². The SMILES string of the molecule is COc1ccccc1C(CC1CCCCN1C(=O)OCc1ccccc1)(C(=O)O)c1ccccc1. The number of benzene rings is 3. The van der Waals surface area contributed by atoms with Gasteiger partial charge in [-0.15, -0.1) is 0 Å². The normalized spacial score (nSPS) is 17.3. The summed E-state index contributed by atoms with van der Waals surface area (Å²) in [5.41, 5.74) is 0.741. The van der Waals surface area contributed by atoms with Crippen LogP contribution in [0.1, 0.15) is 42.4 Å². The number of hydrogen-bond donors (Lipinski definition) is 1. The first kappa shape index (κ1) is 24.3. The number of nitrogens with zero attached hydrogens (tertiary/aromatic N) is 1. The Balaban J connectivity index is 1.69. The zero-order chi connectivity index (χ0) is 24.7. The van der Waals surface area contributed by atoms with Crippen LogP contribution in [0.2, 0.25) is 0 Å². The minimum Gasteiger partial charge on any atom is -0.496 e. The molecule has 1 amide bonds. The van der Waals surface area contributed by atoms with E-state index in [-0.39, 0.29) is 19.1 Å². The Bertz CT molecular complexity index is 1130. The molecule has 3 aromatic rings. The summed E-state index contributed by atoms with van der Waals surface area (Å²) in [6, 6.07) is 25.7. The first-order chi connectivity index (χ1) is 17.1. The summed E-state index contributed by atoms with van der Waals surface area (Å²) in [5, 5.41) is 10.8. The molecule has 1 aliphatic heterocycles. The smallest absolute Gasteiger partial charge is 0.410 e. The number of aliphatic carboxylic acids is 1. The number of carboxylic acid groups (broad SMARTS) is 1. The molecule has 2 unspecified atom stereocenters. The lowest BCUT2D eigenvalue weighted by Crippen LogP contribution is -2.50. The minimum atomic E-state index is -1.40. The Morgan fingerprint density at radius 1 is 0.943 bits per heavy atom. The summed E-state index contributed by atoms with van der Waals surface area (Å²) in [4.78, 5) is 28.0. The van der Waals surface area contributed by atoms with Gasteiger partial charge < -0.3 is 19.5 Å². The molecule has 0 aromatic heterocycles. The minimum absolute atomic E-state index is 0.179. The van der Waals surface area contributed by atoms with Crippen LogP contribution in [0.15, 0.2) is 84.9 Å². The Morgan fingerprint density at radius 2 is 1.60 bits per heavy atom. The third-order valence-corrected chi connectivity index (χ3v) is 6.81. The number of carboxylic acids is 1. The molecule has 2 atom stereocenters. The Kier molecular flexibility index (Phi) is 7.70. The number of methoxy groups -OCH3 is 1. The molecule has 1 fully saturated rings. The molecule has 0 saturated carbocycles. The molecule has 0 aliphatic carbocycles. The number of carbonyl (C=O) groups is 2. The van der Waals surface area contributed by atoms with Crippen molar-refractivity contribution in [2.45, 2.75) is 43.7 Å². The molecule has 0 radical (unpaired) electrons. The van der Waals surface area contributed by atoms with E-state index in [2.05, 4.69) is 0 Å². The van der Waals surface area contributed by atoms with Gasteiger partial charge >= 0.3 is 12.1 Å². The molecule has 3 aromatic carbocycles. The zero-order valence-corrected chi connectivity index (χ0v) is 19.9. The van der Waals surface area contributed by atoms with E-state index in [9.17, 15) is 14.7 Å². The second-order valence-corrected chi connectivity index (χ2v) is 8.86. The average molecular weight is 474 g/mol. The van der Waals surface area contributed by atoms with Gasteiger partial charge in [-0.1, -0.05) is 78.9 Å². The molecule has 6 nitrogen and oxygen atoms in total. The van der Waals surface area contributed by atoms with Crippen molar-refractivity contribution >= 4 is 12.1 Å². The Labute approximate surface area is 206 Å². The quantitative estimate of drug-likeness (QED) is 0.458. The second-order valence-electron chi connectivity index (χ2n) is 8.86. The summed E-state index contributed by atoms with van der Waals surface area (Å²) < 4.78 is 11.2. The van der Waals surface area contributed by atoms with Crippen molar-refractivity contribution in [3.63, 3.8) is 0 Å². The van der Waals surface area contributed by atoms with Crippen LogP contribution in [0.5, 0.6) is 5.75 Å². The van der Waals surface area contributed by atoms with E-state index in [1.165, 1.54) is 0 Å². The van der Waals surface area contributed by atoms with Gasteiger partial charge in [-0.05, 0) is 42.9 Å². The summed E-state index contributed by atoms with van der Waals surface area (Å²) in [6.45, 7) is 0.715. The van der Waals surface area contributed by atoms with Crippen molar-refractivity contribution in [1.29, 1.82) is 0 Å². The number of hydrogen-bond acceptors (Lipinski definition) is 4. The molecule has 1 aliphatic rings. The van der Waals surface area contributed by atoms with Crippen molar-refractivity contribution in [3.05, 3.63) is 102 Å². The van der Waals surface area contributed by atoms with Crippen LogP contribution >= 0.6 is 0 Å². The second kappa shape index (κ2) is 11.1. The number of likely N-dealkylation sites (tertiary alicyclic amines) is 1. The zero-order valence-electron chi connectivity index (χ0n) is 19.9. The van der Waals surface area contributed by atoms with Crippen LogP contribution in [-0.4, -0.2) is 41.8 Å². The summed E-state index contributed by atoms with van der Waals surface area (Å²) in [6.07, 6.45) is 2.29. The molecule has 1 heterocycles. The predicted molar refractivity (Wildman–Crippen MR) is 133 cm³/mol. The molecule has 1 N–H and O–H groups in total. The highest BCUT2D eigenvalue weighted by Crippen LogP contribution is 2.43. The number of ether oxygens (including phenoxy) is 2. The largest absolute Gasteiger partial charge is 0.496 e. The van der Waals surface area contributed by atoms with Crippen LogP contribution in [0.4, 0.5) is 4.79 Å². The standard InChI is InChI=1S/C29H31NO5/c1-34-26-18-9-8-17-25(26)29(27(31)32,23-14-6-3-7-15-23)20-24-16-10-11-19-30(24)28(33)35-21-22-12-4-2-5-13-22/h2-9,12-15,17-18,24H,10-11,16,19-21H2,1H3,(H,31,32). The third-order valence-electron chi connectivity index (χ3n) is 6.81. The third kappa shape index (κ3) is 5.16. The van der Waals surface area contributed by atoms with Gasteiger partial charge in [0.1, 0.15) is 17.8 Å². The van der Waals surface area contributed by atoms with Gasteiger partial charge in [-0.25, -0.2) is 4.79 Å². The van der Waals surface area contributed by atoms with E-state index in [0.717, 1.165) is 18.4 Å². The lowest BCUT2D eigenvalue weighted by Gasteiger charge is -2.41. The number of rotatable bonds is 8. The van der Waals surface area contributed by atoms with E-state index >= 15 is 0 Å². The molecule has 4 rings (SSSR count). The monoisotopic (exact) mass is 473 g/mol. The highest BCUT2D eigenvalue weighted by molar-refractivity contribution is 5.87. The molecule has 0 spiro atoms. The molecular formula is C29H31NO5. The summed E-state index contributed by atoms with van der Waals surface area (Å²) in [5.74, 6) is -0.468. The molecule has 6 heteroatoms. The highest BCUT2D eigenvalue weighted by atomic mass is 16.6. The van der Waals surface area contributed by atoms with Gasteiger partial charge in [-0.3, -0.25) is 4.79 Å². The van der Waals surface area contributed by atoms with Crippen molar-refractivity contribution in [2.75, 3.05) is 13.7 Å². The van der Waals surface area contributed by atoms with E-state index in [0.29, 0.717) is 29.8 Å². The summed E-state index contributed by atoms with van der Waals surface area (Å²) >= 11 is 0. The van der Waals surface area contributed by atoms with Gasteiger partial charge in [0.05, 0.1) is 7.11 Å². The Morgan fingerprint density at radius 3 is 2.29 bits per heavy atom.